The molecule has 88 valence electrons. The van der Waals surface area contributed by atoms with Gasteiger partial charge in [-0.1, -0.05) is 17.7 Å². The Kier molecular flexibility index (Phi) is 3.36. The SMILES string of the molecule is CN(C(=O)c1cccc(N)c1)c1ccc(Cl)s1. The number of thiophene rings is 1. The van der Waals surface area contributed by atoms with Crippen LogP contribution >= 0.6 is 22.9 Å². The number of hydrogen-bond donors (Lipinski definition) is 1. The van der Waals surface area contributed by atoms with Crippen molar-refractivity contribution in [3.8, 4) is 0 Å². The molecule has 5 heteroatoms. The van der Waals surface area contributed by atoms with Gasteiger partial charge in [-0.15, -0.1) is 11.3 Å². The summed E-state index contributed by atoms with van der Waals surface area (Å²) in [5, 5.41) is 0.808. The Morgan fingerprint density at radius 1 is 1.35 bits per heavy atom. The maximum Gasteiger partial charge on any atom is 0.258 e. The van der Waals surface area contributed by atoms with E-state index < -0.39 is 0 Å². The fourth-order valence-electron chi connectivity index (χ4n) is 1.45. The molecular formula is C12H11ClN2OS. The van der Waals surface area contributed by atoms with Gasteiger partial charge in [0.2, 0.25) is 0 Å². The smallest absolute Gasteiger partial charge is 0.258 e. The maximum atomic E-state index is 12.1. The van der Waals surface area contributed by atoms with E-state index in [4.69, 9.17) is 17.3 Å². The summed E-state index contributed by atoms with van der Waals surface area (Å²) >= 11 is 7.20. The lowest BCUT2D eigenvalue weighted by Gasteiger charge is -2.15. The third-order valence-corrected chi connectivity index (χ3v) is 3.64. The van der Waals surface area contributed by atoms with Crippen LogP contribution in [0.1, 0.15) is 10.4 Å². The molecule has 1 amide bonds. The molecule has 0 saturated carbocycles. The van der Waals surface area contributed by atoms with Crippen LogP contribution in [0.15, 0.2) is 36.4 Å². The van der Waals surface area contributed by atoms with Crippen LogP contribution in [-0.2, 0) is 0 Å². The molecule has 0 spiro atoms. The summed E-state index contributed by atoms with van der Waals surface area (Å²) in [6.45, 7) is 0. The van der Waals surface area contributed by atoms with Crippen molar-refractivity contribution in [2.45, 2.75) is 0 Å². The van der Waals surface area contributed by atoms with Crippen molar-refractivity contribution in [2.75, 3.05) is 17.7 Å². The van der Waals surface area contributed by atoms with E-state index >= 15 is 0 Å². The zero-order valence-electron chi connectivity index (χ0n) is 9.18. The average molecular weight is 267 g/mol. The van der Waals surface area contributed by atoms with Gasteiger partial charge in [-0.05, 0) is 30.3 Å². The largest absolute Gasteiger partial charge is 0.399 e. The van der Waals surface area contributed by atoms with Crippen molar-refractivity contribution in [1.82, 2.24) is 0 Å². The monoisotopic (exact) mass is 266 g/mol. The summed E-state index contributed by atoms with van der Waals surface area (Å²) in [6.07, 6.45) is 0. The van der Waals surface area contributed by atoms with Gasteiger partial charge >= 0.3 is 0 Å². The Bertz CT molecular complexity index is 553. The number of nitrogen functional groups attached to an aromatic ring is 1. The number of carbonyl (C=O) groups excluding carboxylic acids is 1. The zero-order chi connectivity index (χ0) is 12.4. The molecule has 0 fully saturated rings. The van der Waals surface area contributed by atoms with E-state index in [1.165, 1.54) is 11.3 Å². The first-order valence-electron chi connectivity index (χ1n) is 4.97. The number of amides is 1. The fourth-order valence-corrected chi connectivity index (χ4v) is 2.44. The van der Waals surface area contributed by atoms with Crippen LogP contribution in [0.5, 0.6) is 0 Å². The molecule has 0 bridgehead atoms. The first kappa shape index (κ1) is 12.0. The topological polar surface area (TPSA) is 46.3 Å². The van der Waals surface area contributed by atoms with Gasteiger partial charge in [-0.25, -0.2) is 0 Å². The lowest BCUT2D eigenvalue weighted by molar-refractivity contribution is 0.0993. The van der Waals surface area contributed by atoms with E-state index in [9.17, 15) is 4.79 Å². The number of anilines is 2. The normalized spacial score (nSPS) is 10.2. The quantitative estimate of drug-likeness (QED) is 0.848. The van der Waals surface area contributed by atoms with Gasteiger partial charge in [0.05, 0.1) is 9.34 Å². The summed E-state index contributed by atoms with van der Waals surface area (Å²) in [5.41, 5.74) is 6.79. The van der Waals surface area contributed by atoms with Gasteiger partial charge in [-0.2, -0.15) is 0 Å². The Morgan fingerprint density at radius 2 is 2.12 bits per heavy atom. The fraction of sp³-hybridized carbons (Fsp3) is 0.0833. The molecule has 1 heterocycles. The molecule has 0 atom stereocenters. The second-order valence-electron chi connectivity index (χ2n) is 3.57. The second kappa shape index (κ2) is 4.77. The number of benzene rings is 1. The van der Waals surface area contributed by atoms with Gasteiger partial charge in [-0.3, -0.25) is 4.79 Å². The summed E-state index contributed by atoms with van der Waals surface area (Å²) in [6, 6.07) is 10.5. The molecular weight excluding hydrogens is 256 g/mol. The van der Waals surface area contributed by atoms with Crippen LogP contribution in [0.25, 0.3) is 0 Å². The summed E-state index contributed by atoms with van der Waals surface area (Å²) in [5.74, 6) is -0.101. The lowest BCUT2D eigenvalue weighted by Crippen LogP contribution is -2.25. The predicted octanol–water partition coefficient (Wildman–Crippen LogP) is 3.26. The average Bonchev–Trinajstić information content (AvgIpc) is 2.74. The van der Waals surface area contributed by atoms with Crippen molar-refractivity contribution < 1.29 is 4.79 Å². The van der Waals surface area contributed by atoms with Crippen molar-refractivity contribution in [2.24, 2.45) is 0 Å². The van der Waals surface area contributed by atoms with Crippen LogP contribution in [0.3, 0.4) is 0 Å². The van der Waals surface area contributed by atoms with Crippen molar-refractivity contribution >= 4 is 39.5 Å². The summed E-state index contributed by atoms with van der Waals surface area (Å²) in [7, 11) is 1.72. The highest BCUT2D eigenvalue weighted by molar-refractivity contribution is 7.20. The number of carbonyl (C=O) groups is 1. The van der Waals surface area contributed by atoms with Crippen molar-refractivity contribution in [1.29, 1.82) is 0 Å². The van der Waals surface area contributed by atoms with Crippen LogP contribution < -0.4 is 10.6 Å². The van der Waals surface area contributed by atoms with E-state index in [0.29, 0.717) is 15.6 Å². The molecule has 3 nitrogen and oxygen atoms in total. The maximum absolute atomic E-state index is 12.1. The number of nitrogens with zero attached hydrogens (tertiary/aromatic N) is 1. The summed E-state index contributed by atoms with van der Waals surface area (Å²) < 4.78 is 0.659. The van der Waals surface area contributed by atoms with Gasteiger partial charge in [0.1, 0.15) is 0 Å². The number of halogens is 1. The Balaban J connectivity index is 2.26. The van der Waals surface area contributed by atoms with Crippen LogP contribution in [0.2, 0.25) is 4.34 Å². The van der Waals surface area contributed by atoms with Gasteiger partial charge in [0.25, 0.3) is 5.91 Å². The molecule has 0 radical (unpaired) electrons. The van der Waals surface area contributed by atoms with E-state index in [1.807, 2.05) is 6.07 Å². The highest BCUT2D eigenvalue weighted by Crippen LogP contribution is 2.29. The standard InChI is InChI=1S/C12H11ClN2OS/c1-15(11-6-5-10(13)17-11)12(16)8-3-2-4-9(14)7-8/h2-7H,14H2,1H3. The molecule has 0 aliphatic rings. The van der Waals surface area contributed by atoms with Gasteiger partial charge in [0, 0.05) is 18.3 Å². The minimum Gasteiger partial charge on any atom is -0.399 e. The van der Waals surface area contributed by atoms with E-state index in [1.54, 1.807) is 42.3 Å². The van der Waals surface area contributed by atoms with Crippen LogP contribution in [0, 0.1) is 0 Å². The van der Waals surface area contributed by atoms with Crippen LogP contribution in [0.4, 0.5) is 10.7 Å². The minimum atomic E-state index is -0.101. The third kappa shape index (κ3) is 2.60. The van der Waals surface area contributed by atoms with Crippen molar-refractivity contribution in [3.63, 3.8) is 0 Å². The Labute approximate surface area is 108 Å². The molecule has 0 aliphatic carbocycles. The molecule has 1 aromatic heterocycles. The highest BCUT2D eigenvalue weighted by Gasteiger charge is 2.14. The summed E-state index contributed by atoms with van der Waals surface area (Å²) in [4.78, 5) is 13.7. The first-order chi connectivity index (χ1) is 8.08. The molecule has 0 saturated heterocycles. The van der Waals surface area contributed by atoms with E-state index in [2.05, 4.69) is 0 Å². The Morgan fingerprint density at radius 3 is 2.71 bits per heavy atom. The number of nitrogens with two attached hydrogens (primary N) is 1. The molecule has 17 heavy (non-hydrogen) atoms. The molecule has 1 aromatic carbocycles. The molecule has 0 aliphatic heterocycles. The van der Waals surface area contributed by atoms with E-state index in [0.717, 1.165) is 5.00 Å². The first-order valence-corrected chi connectivity index (χ1v) is 6.16. The van der Waals surface area contributed by atoms with Crippen LogP contribution in [-0.4, -0.2) is 13.0 Å². The second-order valence-corrected chi connectivity index (χ2v) is 5.26. The highest BCUT2D eigenvalue weighted by atomic mass is 35.5. The molecule has 2 aromatic rings. The van der Waals surface area contributed by atoms with E-state index in [-0.39, 0.29) is 5.91 Å². The minimum absolute atomic E-state index is 0.101. The Hall–Kier alpha value is -1.52. The number of hydrogen-bond acceptors (Lipinski definition) is 3. The molecule has 0 unspecified atom stereocenters. The van der Waals surface area contributed by atoms with Gasteiger partial charge < -0.3 is 10.6 Å². The lowest BCUT2D eigenvalue weighted by atomic mass is 10.2. The third-order valence-electron chi connectivity index (χ3n) is 2.33. The predicted molar refractivity (Wildman–Crippen MR) is 72.9 cm³/mol. The molecule has 2 rings (SSSR count). The zero-order valence-corrected chi connectivity index (χ0v) is 10.8. The van der Waals surface area contributed by atoms with Crippen molar-refractivity contribution in [3.05, 3.63) is 46.3 Å². The number of rotatable bonds is 2. The van der Waals surface area contributed by atoms with Gasteiger partial charge in [0.15, 0.2) is 0 Å². The molecule has 2 N–H and O–H groups in total.